The van der Waals surface area contributed by atoms with Crippen molar-refractivity contribution in [2.45, 2.75) is 25.8 Å². The molecule has 156 valence electrons. The van der Waals surface area contributed by atoms with Crippen LogP contribution in [0, 0.1) is 6.92 Å². The summed E-state index contributed by atoms with van der Waals surface area (Å²) >= 11 is 0. The highest BCUT2D eigenvalue weighted by Crippen LogP contribution is 2.29. The average Bonchev–Trinajstić information content (AvgIpc) is 3.25. The highest BCUT2D eigenvalue weighted by Gasteiger charge is 2.25. The highest BCUT2D eigenvalue weighted by molar-refractivity contribution is 5.93. The molecule has 0 radical (unpaired) electrons. The molecule has 1 saturated heterocycles. The van der Waals surface area contributed by atoms with Gasteiger partial charge in [0, 0.05) is 48.0 Å². The SMILES string of the molecule is Cc1ccoc1C(=O)NC1CCN(c2nc(-c3cccnc3)nc3ccccc23)CC1. The first kappa shape index (κ1) is 19.2. The fourth-order valence-corrected chi connectivity index (χ4v) is 4.02. The number of piperidine rings is 1. The standard InChI is InChI=1S/C24H23N5O2/c1-16-10-14-31-21(16)24(30)26-18-8-12-29(13-9-18)23-19-6-2-3-7-20(19)27-22(28-23)17-5-4-11-25-15-17/h2-7,10-11,14-15,18H,8-9,12-13H2,1H3,(H,26,30). The summed E-state index contributed by atoms with van der Waals surface area (Å²) in [5, 5.41) is 4.14. The van der Waals surface area contributed by atoms with Crippen molar-refractivity contribution in [1.82, 2.24) is 20.3 Å². The zero-order chi connectivity index (χ0) is 21.2. The molecule has 1 aliphatic rings. The maximum absolute atomic E-state index is 12.5. The number of pyridine rings is 1. The Bertz CT molecular complexity index is 1210. The minimum atomic E-state index is -0.146. The maximum Gasteiger partial charge on any atom is 0.287 e. The summed E-state index contributed by atoms with van der Waals surface area (Å²) in [6, 6.07) is 13.9. The first-order valence-electron chi connectivity index (χ1n) is 10.5. The number of rotatable bonds is 4. The molecule has 0 bridgehead atoms. The zero-order valence-electron chi connectivity index (χ0n) is 17.3. The van der Waals surface area contributed by atoms with Gasteiger partial charge in [0.25, 0.3) is 5.91 Å². The van der Waals surface area contributed by atoms with Crippen LogP contribution in [0.15, 0.2) is 65.5 Å². The van der Waals surface area contributed by atoms with Crippen LogP contribution >= 0.6 is 0 Å². The third-order valence-electron chi connectivity index (χ3n) is 5.70. The Labute approximate surface area is 180 Å². The number of para-hydroxylation sites is 1. The maximum atomic E-state index is 12.5. The lowest BCUT2D eigenvalue weighted by Gasteiger charge is -2.33. The van der Waals surface area contributed by atoms with E-state index < -0.39 is 0 Å². The van der Waals surface area contributed by atoms with E-state index in [0.717, 1.165) is 53.8 Å². The van der Waals surface area contributed by atoms with Crippen molar-refractivity contribution in [3.63, 3.8) is 0 Å². The van der Waals surface area contributed by atoms with Gasteiger partial charge in [0.1, 0.15) is 5.82 Å². The minimum Gasteiger partial charge on any atom is -0.459 e. The van der Waals surface area contributed by atoms with E-state index in [1.165, 1.54) is 0 Å². The van der Waals surface area contributed by atoms with Crippen LogP contribution in [0.2, 0.25) is 0 Å². The van der Waals surface area contributed by atoms with Crippen molar-refractivity contribution in [1.29, 1.82) is 0 Å². The second-order valence-electron chi connectivity index (χ2n) is 7.80. The van der Waals surface area contributed by atoms with Crippen LogP contribution in [-0.2, 0) is 0 Å². The molecule has 0 aliphatic carbocycles. The second kappa shape index (κ2) is 8.18. The quantitative estimate of drug-likeness (QED) is 0.545. The van der Waals surface area contributed by atoms with E-state index in [1.54, 1.807) is 24.7 Å². The number of furan rings is 1. The first-order valence-corrected chi connectivity index (χ1v) is 10.5. The van der Waals surface area contributed by atoms with Gasteiger partial charge in [0.2, 0.25) is 0 Å². The fraction of sp³-hybridized carbons (Fsp3) is 0.250. The van der Waals surface area contributed by atoms with Gasteiger partial charge < -0.3 is 14.6 Å². The van der Waals surface area contributed by atoms with E-state index in [9.17, 15) is 4.79 Å². The lowest BCUT2D eigenvalue weighted by atomic mass is 10.0. The van der Waals surface area contributed by atoms with E-state index in [-0.39, 0.29) is 11.9 Å². The molecule has 1 amide bonds. The molecule has 1 N–H and O–H groups in total. The second-order valence-corrected chi connectivity index (χ2v) is 7.80. The van der Waals surface area contributed by atoms with Gasteiger partial charge in [0.05, 0.1) is 11.8 Å². The summed E-state index contributed by atoms with van der Waals surface area (Å²) in [5.74, 6) is 1.85. The van der Waals surface area contributed by atoms with Gasteiger partial charge in [-0.1, -0.05) is 12.1 Å². The number of anilines is 1. The number of carbonyl (C=O) groups excluding carboxylic acids is 1. The molecule has 0 spiro atoms. The number of aromatic nitrogens is 3. The van der Waals surface area contributed by atoms with Crippen molar-refractivity contribution >= 4 is 22.6 Å². The summed E-state index contributed by atoms with van der Waals surface area (Å²) in [5.41, 5.74) is 2.66. The summed E-state index contributed by atoms with van der Waals surface area (Å²) in [4.78, 5) is 28.6. The van der Waals surface area contributed by atoms with Gasteiger partial charge in [-0.3, -0.25) is 9.78 Å². The smallest absolute Gasteiger partial charge is 0.287 e. The first-order chi connectivity index (χ1) is 15.2. The normalized spacial score (nSPS) is 14.7. The van der Waals surface area contributed by atoms with Crippen molar-refractivity contribution in [3.8, 4) is 11.4 Å². The van der Waals surface area contributed by atoms with E-state index in [4.69, 9.17) is 14.4 Å². The van der Waals surface area contributed by atoms with Gasteiger partial charge in [0.15, 0.2) is 11.6 Å². The van der Waals surface area contributed by atoms with Crippen LogP contribution in [0.5, 0.6) is 0 Å². The lowest BCUT2D eigenvalue weighted by Crippen LogP contribution is -2.45. The molecule has 5 rings (SSSR count). The Morgan fingerprint density at radius 3 is 2.68 bits per heavy atom. The molecular formula is C24H23N5O2. The van der Waals surface area contributed by atoms with Gasteiger partial charge in [-0.15, -0.1) is 0 Å². The molecule has 0 atom stereocenters. The van der Waals surface area contributed by atoms with E-state index in [0.29, 0.717) is 11.6 Å². The Hall–Kier alpha value is -3.74. The average molecular weight is 413 g/mol. The molecule has 1 aromatic carbocycles. The monoisotopic (exact) mass is 413 g/mol. The number of nitrogens with zero attached hydrogens (tertiary/aromatic N) is 4. The van der Waals surface area contributed by atoms with Crippen LogP contribution < -0.4 is 10.2 Å². The minimum absolute atomic E-state index is 0.110. The van der Waals surface area contributed by atoms with Crippen LogP contribution in [0.25, 0.3) is 22.3 Å². The van der Waals surface area contributed by atoms with Crippen LogP contribution in [0.4, 0.5) is 5.82 Å². The molecule has 4 aromatic rings. The van der Waals surface area contributed by atoms with Crippen molar-refractivity contribution in [3.05, 3.63) is 72.4 Å². The molecule has 7 heteroatoms. The van der Waals surface area contributed by atoms with Gasteiger partial charge in [-0.2, -0.15) is 0 Å². The Morgan fingerprint density at radius 1 is 1.10 bits per heavy atom. The molecule has 7 nitrogen and oxygen atoms in total. The Morgan fingerprint density at radius 2 is 1.94 bits per heavy atom. The molecule has 4 heterocycles. The molecule has 1 fully saturated rings. The molecule has 31 heavy (non-hydrogen) atoms. The number of nitrogens with one attached hydrogen (secondary N) is 1. The highest BCUT2D eigenvalue weighted by atomic mass is 16.3. The molecular weight excluding hydrogens is 390 g/mol. The number of benzene rings is 1. The summed E-state index contributed by atoms with van der Waals surface area (Å²) in [7, 11) is 0. The van der Waals surface area contributed by atoms with E-state index >= 15 is 0 Å². The number of carbonyl (C=O) groups is 1. The summed E-state index contributed by atoms with van der Waals surface area (Å²) in [6.07, 6.45) is 6.76. The number of fused-ring (bicyclic) bond motifs is 1. The number of amides is 1. The molecule has 0 unspecified atom stereocenters. The van der Waals surface area contributed by atoms with Crippen molar-refractivity contribution in [2.24, 2.45) is 0 Å². The number of hydrogen-bond acceptors (Lipinski definition) is 6. The van der Waals surface area contributed by atoms with Crippen LogP contribution in [0.3, 0.4) is 0 Å². The molecule has 0 saturated carbocycles. The van der Waals surface area contributed by atoms with Crippen LogP contribution in [0.1, 0.15) is 29.0 Å². The summed E-state index contributed by atoms with van der Waals surface area (Å²) < 4.78 is 5.32. The lowest BCUT2D eigenvalue weighted by molar-refractivity contribution is 0.0902. The zero-order valence-corrected chi connectivity index (χ0v) is 17.3. The van der Waals surface area contributed by atoms with Gasteiger partial charge in [-0.25, -0.2) is 9.97 Å². The van der Waals surface area contributed by atoms with E-state index in [2.05, 4.69) is 21.3 Å². The predicted octanol–water partition coefficient (Wildman–Crippen LogP) is 3.99. The molecule has 3 aromatic heterocycles. The predicted molar refractivity (Wildman–Crippen MR) is 119 cm³/mol. The summed E-state index contributed by atoms with van der Waals surface area (Å²) in [6.45, 7) is 3.48. The fourth-order valence-electron chi connectivity index (χ4n) is 4.02. The third-order valence-corrected chi connectivity index (χ3v) is 5.70. The van der Waals surface area contributed by atoms with Crippen molar-refractivity contribution in [2.75, 3.05) is 18.0 Å². The number of aryl methyl sites for hydroxylation is 1. The topological polar surface area (TPSA) is 84.2 Å². The molecule has 1 aliphatic heterocycles. The Balaban J connectivity index is 1.37. The van der Waals surface area contributed by atoms with Crippen LogP contribution in [-0.4, -0.2) is 40.0 Å². The number of hydrogen-bond donors (Lipinski definition) is 1. The van der Waals surface area contributed by atoms with Gasteiger partial charge in [-0.05, 0) is 50.1 Å². The largest absolute Gasteiger partial charge is 0.459 e. The van der Waals surface area contributed by atoms with Gasteiger partial charge >= 0.3 is 0 Å². The Kier molecular flexibility index (Phi) is 5.08. The van der Waals surface area contributed by atoms with E-state index in [1.807, 2.05) is 37.3 Å². The third kappa shape index (κ3) is 3.86. The van der Waals surface area contributed by atoms with Crippen molar-refractivity contribution < 1.29 is 9.21 Å².